The summed E-state index contributed by atoms with van der Waals surface area (Å²) in [6.45, 7) is 4.28. The van der Waals surface area contributed by atoms with Crippen LogP contribution in [0.15, 0.2) is 48.5 Å². The number of rotatable bonds is 3. The van der Waals surface area contributed by atoms with Crippen molar-refractivity contribution in [3.63, 3.8) is 0 Å². The standard InChI is InChI=1S/C24H23N3S/c1-15-12-13-19(16(2)14-15)25-23-21-18-10-6-7-11-20(18)28-24(21)27-22(26-23)17-8-4-3-5-9-17/h3-5,8-9,12-14H,6-7,10-11H2,1-2H3,(H,25,26,27). The molecule has 0 radical (unpaired) electrons. The van der Waals surface area contributed by atoms with Crippen LogP contribution in [0.3, 0.4) is 0 Å². The van der Waals surface area contributed by atoms with Crippen molar-refractivity contribution in [2.45, 2.75) is 39.5 Å². The van der Waals surface area contributed by atoms with Gasteiger partial charge in [0.15, 0.2) is 5.82 Å². The molecule has 0 saturated carbocycles. The number of anilines is 2. The van der Waals surface area contributed by atoms with Gasteiger partial charge in [-0.05, 0) is 56.7 Å². The number of nitrogens with zero attached hydrogens (tertiary/aromatic N) is 2. The Balaban J connectivity index is 1.71. The fourth-order valence-electron chi connectivity index (χ4n) is 4.05. The average Bonchev–Trinajstić information content (AvgIpc) is 3.09. The monoisotopic (exact) mass is 385 g/mol. The van der Waals surface area contributed by atoms with Gasteiger partial charge in [0.25, 0.3) is 0 Å². The molecule has 0 bridgehead atoms. The Bertz CT molecular complexity index is 1160. The maximum Gasteiger partial charge on any atom is 0.163 e. The summed E-state index contributed by atoms with van der Waals surface area (Å²) in [5.41, 5.74) is 6.13. The first-order valence-electron chi connectivity index (χ1n) is 9.91. The van der Waals surface area contributed by atoms with Crippen molar-refractivity contribution < 1.29 is 0 Å². The Morgan fingerprint density at radius 3 is 2.57 bits per heavy atom. The van der Waals surface area contributed by atoms with Crippen LogP contribution in [0.5, 0.6) is 0 Å². The van der Waals surface area contributed by atoms with E-state index >= 15 is 0 Å². The van der Waals surface area contributed by atoms with E-state index in [2.05, 4.69) is 49.5 Å². The summed E-state index contributed by atoms with van der Waals surface area (Å²) in [4.78, 5) is 12.5. The molecule has 2 aromatic carbocycles. The van der Waals surface area contributed by atoms with Gasteiger partial charge in [0.2, 0.25) is 0 Å². The minimum Gasteiger partial charge on any atom is -0.339 e. The van der Waals surface area contributed by atoms with Crippen LogP contribution in [0.4, 0.5) is 11.5 Å². The molecule has 0 saturated heterocycles. The molecule has 0 atom stereocenters. The van der Waals surface area contributed by atoms with Crippen LogP contribution in [0.1, 0.15) is 34.4 Å². The second-order valence-corrected chi connectivity index (χ2v) is 8.68. The first-order valence-corrected chi connectivity index (χ1v) is 10.7. The molecule has 2 heterocycles. The SMILES string of the molecule is Cc1ccc(Nc2nc(-c3ccccc3)nc3sc4c(c23)CCCC4)c(C)c1. The first-order chi connectivity index (χ1) is 13.7. The molecule has 1 aliphatic rings. The number of aromatic nitrogens is 2. The number of hydrogen-bond donors (Lipinski definition) is 1. The van der Waals surface area contributed by atoms with Gasteiger partial charge in [-0.3, -0.25) is 0 Å². The maximum atomic E-state index is 4.99. The summed E-state index contributed by atoms with van der Waals surface area (Å²) in [6.07, 6.45) is 4.83. The number of aryl methyl sites for hydroxylation is 4. The van der Waals surface area contributed by atoms with Crippen LogP contribution in [0.2, 0.25) is 0 Å². The molecule has 4 aromatic rings. The van der Waals surface area contributed by atoms with Crippen LogP contribution < -0.4 is 5.32 Å². The lowest BCUT2D eigenvalue weighted by Crippen LogP contribution is -2.03. The van der Waals surface area contributed by atoms with E-state index in [9.17, 15) is 0 Å². The van der Waals surface area contributed by atoms with Gasteiger partial charge in [-0.2, -0.15) is 0 Å². The van der Waals surface area contributed by atoms with E-state index in [-0.39, 0.29) is 0 Å². The molecular weight excluding hydrogens is 362 g/mol. The van der Waals surface area contributed by atoms with E-state index in [0.717, 1.165) is 34.1 Å². The molecule has 4 heteroatoms. The van der Waals surface area contributed by atoms with Gasteiger partial charge in [0, 0.05) is 16.1 Å². The minimum atomic E-state index is 0.791. The van der Waals surface area contributed by atoms with E-state index in [4.69, 9.17) is 9.97 Å². The number of hydrogen-bond acceptors (Lipinski definition) is 4. The van der Waals surface area contributed by atoms with Crippen molar-refractivity contribution in [2.24, 2.45) is 0 Å². The summed E-state index contributed by atoms with van der Waals surface area (Å²) >= 11 is 1.85. The van der Waals surface area contributed by atoms with Crippen LogP contribution in [-0.4, -0.2) is 9.97 Å². The van der Waals surface area contributed by atoms with Crippen molar-refractivity contribution in [1.29, 1.82) is 0 Å². The van der Waals surface area contributed by atoms with Crippen molar-refractivity contribution in [2.75, 3.05) is 5.32 Å². The third-order valence-electron chi connectivity index (χ3n) is 5.48. The molecule has 3 nitrogen and oxygen atoms in total. The molecule has 0 amide bonds. The summed E-state index contributed by atoms with van der Waals surface area (Å²) < 4.78 is 0. The number of nitrogens with one attached hydrogen (secondary N) is 1. The predicted molar refractivity (Wildman–Crippen MR) is 119 cm³/mol. The zero-order valence-corrected chi connectivity index (χ0v) is 17.1. The Morgan fingerprint density at radius 2 is 1.75 bits per heavy atom. The van der Waals surface area contributed by atoms with Crippen molar-refractivity contribution in [3.05, 3.63) is 70.1 Å². The van der Waals surface area contributed by atoms with Gasteiger partial charge in [-0.25, -0.2) is 9.97 Å². The quantitative estimate of drug-likeness (QED) is 0.432. The number of fused-ring (bicyclic) bond motifs is 3. The zero-order valence-electron chi connectivity index (χ0n) is 16.2. The second kappa shape index (κ2) is 7.02. The van der Waals surface area contributed by atoms with Gasteiger partial charge in [0.1, 0.15) is 10.6 Å². The Kier molecular flexibility index (Phi) is 4.36. The van der Waals surface area contributed by atoms with E-state index < -0.39 is 0 Å². The highest BCUT2D eigenvalue weighted by Crippen LogP contribution is 2.40. The third-order valence-corrected chi connectivity index (χ3v) is 6.67. The maximum absolute atomic E-state index is 4.99. The molecule has 0 spiro atoms. The number of benzene rings is 2. The highest BCUT2D eigenvalue weighted by atomic mass is 32.1. The van der Waals surface area contributed by atoms with Crippen LogP contribution >= 0.6 is 11.3 Å². The molecule has 0 unspecified atom stereocenters. The fraction of sp³-hybridized carbons (Fsp3) is 0.250. The molecule has 0 fully saturated rings. The Morgan fingerprint density at radius 1 is 0.929 bits per heavy atom. The molecule has 5 rings (SSSR count). The van der Waals surface area contributed by atoms with Crippen molar-refractivity contribution in [3.8, 4) is 11.4 Å². The van der Waals surface area contributed by atoms with E-state index in [1.807, 2.05) is 29.5 Å². The lowest BCUT2D eigenvalue weighted by molar-refractivity contribution is 0.700. The topological polar surface area (TPSA) is 37.8 Å². The van der Waals surface area contributed by atoms with Gasteiger partial charge in [0.05, 0.1) is 5.39 Å². The lowest BCUT2D eigenvalue weighted by Gasteiger charge is -2.15. The summed E-state index contributed by atoms with van der Waals surface area (Å²) in [6, 6.07) is 16.8. The smallest absolute Gasteiger partial charge is 0.163 e. The third kappa shape index (κ3) is 3.08. The first kappa shape index (κ1) is 17.4. The summed E-state index contributed by atoms with van der Waals surface area (Å²) in [7, 11) is 0. The predicted octanol–water partition coefficient (Wildman–Crippen LogP) is 6.60. The largest absolute Gasteiger partial charge is 0.339 e. The summed E-state index contributed by atoms with van der Waals surface area (Å²) in [5.74, 6) is 1.73. The highest BCUT2D eigenvalue weighted by molar-refractivity contribution is 7.19. The van der Waals surface area contributed by atoms with Gasteiger partial charge < -0.3 is 5.32 Å². The van der Waals surface area contributed by atoms with Crippen LogP contribution in [0.25, 0.3) is 21.6 Å². The normalized spacial score (nSPS) is 13.5. The zero-order chi connectivity index (χ0) is 19.1. The average molecular weight is 386 g/mol. The van der Waals surface area contributed by atoms with Crippen LogP contribution in [-0.2, 0) is 12.8 Å². The highest BCUT2D eigenvalue weighted by Gasteiger charge is 2.22. The van der Waals surface area contributed by atoms with E-state index in [1.165, 1.54) is 46.2 Å². The fourth-order valence-corrected chi connectivity index (χ4v) is 5.31. The number of thiophene rings is 1. The van der Waals surface area contributed by atoms with E-state index in [0.29, 0.717) is 0 Å². The van der Waals surface area contributed by atoms with Gasteiger partial charge >= 0.3 is 0 Å². The van der Waals surface area contributed by atoms with Crippen molar-refractivity contribution in [1.82, 2.24) is 9.97 Å². The van der Waals surface area contributed by atoms with E-state index in [1.54, 1.807) is 0 Å². The van der Waals surface area contributed by atoms with Gasteiger partial charge in [-0.15, -0.1) is 11.3 Å². The molecule has 1 N–H and O–H groups in total. The molecule has 2 aromatic heterocycles. The minimum absolute atomic E-state index is 0.791. The lowest BCUT2D eigenvalue weighted by atomic mass is 9.97. The second-order valence-electron chi connectivity index (χ2n) is 7.60. The Hall–Kier alpha value is -2.72. The Labute approximate surface area is 169 Å². The van der Waals surface area contributed by atoms with Gasteiger partial charge in [-0.1, -0.05) is 48.0 Å². The van der Waals surface area contributed by atoms with Crippen LogP contribution in [0, 0.1) is 13.8 Å². The summed E-state index contributed by atoms with van der Waals surface area (Å²) in [5, 5.41) is 4.87. The molecule has 0 aliphatic heterocycles. The van der Waals surface area contributed by atoms with Crippen molar-refractivity contribution >= 4 is 33.1 Å². The molecular formula is C24H23N3S. The molecule has 140 valence electrons. The molecule has 1 aliphatic carbocycles. The molecule has 28 heavy (non-hydrogen) atoms.